The lowest BCUT2D eigenvalue weighted by Gasteiger charge is -2.06. The van der Waals surface area contributed by atoms with Gasteiger partial charge in [0.05, 0.1) is 0 Å². The number of ketones is 1. The Morgan fingerprint density at radius 1 is 0.838 bits per heavy atom. The van der Waals surface area contributed by atoms with Gasteiger partial charge < -0.3 is 5.32 Å². The van der Waals surface area contributed by atoms with Crippen LogP contribution in [0, 0.1) is 6.92 Å². The molecule has 0 aliphatic heterocycles. The molecule has 4 heteroatoms. The van der Waals surface area contributed by atoms with Crippen molar-refractivity contribution in [3.63, 3.8) is 0 Å². The highest BCUT2D eigenvalue weighted by atomic mass is 32.2. The van der Waals surface area contributed by atoms with E-state index >= 15 is 0 Å². The first-order chi connectivity index (χ1) is 17.2. The average Bonchev–Trinajstić information content (AvgIpc) is 2.86. The summed E-state index contributed by atoms with van der Waals surface area (Å²) in [7, 11) is 0. The Bertz CT molecular complexity index is 1250. The normalized spacial score (nSPS) is 10.8. The molecule has 0 bridgehead atoms. The van der Waals surface area contributed by atoms with Crippen molar-refractivity contribution in [3.8, 4) is 0 Å². The number of anilines is 1. The number of amides is 1. The van der Waals surface area contributed by atoms with Crippen molar-refractivity contribution >= 4 is 34.7 Å². The molecule has 1 N–H and O–H groups in total. The Labute approximate surface area is 226 Å². The first kappa shape index (κ1) is 31.1. The van der Waals surface area contributed by atoms with Crippen LogP contribution < -0.4 is 5.32 Å². The fraction of sp³-hybridized carbons (Fsp3) is 0.152. The number of rotatable bonds is 8. The van der Waals surface area contributed by atoms with Crippen LogP contribution in [0.1, 0.15) is 39.3 Å². The van der Waals surface area contributed by atoms with Crippen LogP contribution >= 0.6 is 11.8 Å². The van der Waals surface area contributed by atoms with Crippen molar-refractivity contribution in [1.29, 1.82) is 0 Å². The molecule has 0 saturated carbocycles. The minimum atomic E-state index is -0.250. The molecule has 0 aromatic heterocycles. The quantitative estimate of drug-likeness (QED) is 0.242. The Kier molecular flexibility index (Phi) is 13.4. The van der Waals surface area contributed by atoms with Crippen LogP contribution in [0.15, 0.2) is 131 Å². The van der Waals surface area contributed by atoms with Crippen molar-refractivity contribution in [1.82, 2.24) is 0 Å². The maximum Gasteiger partial charge on any atom is 0.247 e. The zero-order valence-electron chi connectivity index (χ0n) is 21.4. The maximum atomic E-state index is 11.5. The highest BCUT2D eigenvalue weighted by molar-refractivity contribution is 7.99. The van der Waals surface area contributed by atoms with E-state index in [1.54, 1.807) is 17.8 Å². The van der Waals surface area contributed by atoms with Crippen LogP contribution in [-0.4, -0.2) is 11.7 Å². The first-order valence-electron chi connectivity index (χ1n) is 11.6. The van der Waals surface area contributed by atoms with Gasteiger partial charge in [0.2, 0.25) is 5.91 Å². The van der Waals surface area contributed by atoms with Gasteiger partial charge in [-0.25, -0.2) is 0 Å². The summed E-state index contributed by atoms with van der Waals surface area (Å²) in [6, 6.07) is 26.5. The van der Waals surface area contributed by atoms with Gasteiger partial charge in [0.1, 0.15) is 0 Å². The summed E-state index contributed by atoms with van der Waals surface area (Å²) in [5.41, 5.74) is 5.30. The predicted molar refractivity (Wildman–Crippen MR) is 161 cm³/mol. The molecule has 3 aromatic carbocycles. The van der Waals surface area contributed by atoms with E-state index in [4.69, 9.17) is 0 Å². The Morgan fingerprint density at radius 3 is 2.03 bits per heavy atom. The lowest BCUT2D eigenvalue weighted by Crippen LogP contribution is -2.07. The minimum absolute atomic E-state index is 0. The SMILES string of the molecule is C.C=CC(=O)Nc1cccc(/C(C)=C/C=C(\C(=C)C)C(C)=O)c1.Cc1ccc(Sc2ccccc2)cc1. The van der Waals surface area contributed by atoms with Crippen LogP contribution in [0.5, 0.6) is 0 Å². The molecule has 0 spiro atoms. The first-order valence-corrected chi connectivity index (χ1v) is 12.4. The summed E-state index contributed by atoms with van der Waals surface area (Å²) in [5, 5.41) is 2.72. The molecule has 3 nitrogen and oxygen atoms in total. The number of allylic oxidation sites excluding steroid dienone is 5. The van der Waals surface area contributed by atoms with Crippen LogP contribution in [0.3, 0.4) is 0 Å². The summed E-state index contributed by atoms with van der Waals surface area (Å²) >= 11 is 1.80. The number of hydrogen-bond donors (Lipinski definition) is 1. The second kappa shape index (κ2) is 16.0. The van der Waals surface area contributed by atoms with Gasteiger partial charge in [0.15, 0.2) is 5.78 Å². The smallest absolute Gasteiger partial charge is 0.247 e. The molecule has 0 fully saturated rings. The molecular weight excluding hydrogens is 474 g/mol. The summed E-state index contributed by atoms with van der Waals surface area (Å²) in [6.07, 6.45) is 4.87. The molecule has 0 atom stereocenters. The van der Waals surface area contributed by atoms with Gasteiger partial charge in [-0.05, 0) is 86.9 Å². The molecule has 0 unspecified atom stereocenters. The second-order valence-electron chi connectivity index (χ2n) is 8.27. The van der Waals surface area contributed by atoms with Crippen molar-refractivity contribution < 1.29 is 9.59 Å². The molecule has 0 radical (unpaired) electrons. The largest absolute Gasteiger partial charge is 0.323 e. The summed E-state index contributed by atoms with van der Waals surface area (Å²) in [6.45, 7) is 14.6. The van der Waals surface area contributed by atoms with Crippen LogP contribution in [0.2, 0.25) is 0 Å². The van der Waals surface area contributed by atoms with E-state index in [0.717, 1.165) is 16.7 Å². The molecule has 3 rings (SSSR count). The van der Waals surface area contributed by atoms with Gasteiger partial charge in [-0.15, -0.1) is 0 Å². The molecule has 37 heavy (non-hydrogen) atoms. The maximum absolute atomic E-state index is 11.5. The Balaban J connectivity index is 0.000000392. The van der Waals surface area contributed by atoms with Crippen LogP contribution in [-0.2, 0) is 9.59 Å². The van der Waals surface area contributed by atoms with Crippen LogP contribution in [0.25, 0.3) is 5.57 Å². The molecule has 192 valence electrons. The molecule has 0 heterocycles. The van der Waals surface area contributed by atoms with E-state index in [1.165, 1.54) is 28.4 Å². The molecule has 0 aliphatic carbocycles. The Morgan fingerprint density at radius 2 is 1.46 bits per heavy atom. The standard InChI is InChI=1S/C19H21NO2.C13H12S.CH4/c1-6-19(22)20-17-9-7-8-16(12-17)14(4)10-11-18(13(2)3)15(5)21;1-11-7-9-13(10-8-11)14-12-5-3-2-4-6-12;/h6-12H,1-2H2,3-5H3,(H,20,22);2-10H,1H3;1H4/b14-10+,18-11+;;. The fourth-order valence-corrected chi connectivity index (χ4v) is 3.97. The molecule has 1 amide bonds. The third-order valence-corrected chi connectivity index (χ3v) is 6.13. The van der Waals surface area contributed by atoms with Gasteiger partial charge >= 0.3 is 0 Å². The molecule has 0 aliphatic rings. The number of benzene rings is 3. The van der Waals surface area contributed by atoms with Gasteiger partial charge in [-0.1, -0.05) is 92.5 Å². The van der Waals surface area contributed by atoms with E-state index in [1.807, 2.05) is 50.3 Å². The number of carbonyl (C=O) groups is 2. The van der Waals surface area contributed by atoms with Crippen molar-refractivity contribution in [2.45, 2.75) is 44.9 Å². The van der Waals surface area contributed by atoms with Gasteiger partial charge in [0.25, 0.3) is 0 Å². The summed E-state index contributed by atoms with van der Waals surface area (Å²) in [5.74, 6) is -0.261. The number of nitrogens with one attached hydrogen (secondary N) is 1. The van der Waals surface area contributed by atoms with Gasteiger partial charge in [0, 0.05) is 21.1 Å². The number of hydrogen-bond acceptors (Lipinski definition) is 3. The number of carbonyl (C=O) groups excluding carboxylic acids is 2. The highest BCUT2D eigenvalue weighted by Crippen LogP contribution is 2.27. The van der Waals surface area contributed by atoms with Crippen molar-refractivity contribution in [2.75, 3.05) is 5.32 Å². The average molecular weight is 512 g/mol. The molecule has 0 saturated heterocycles. The lowest BCUT2D eigenvalue weighted by atomic mass is 10.0. The Hall–Kier alpha value is -3.89. The third-order valence-electron chi connectivity index (χ3n) is 5.11. The lowest BCUT2D eigenvalue weighted by molar-refractivity contribution is -0.113. The van der Waals surface area contributed by atoms with Crippen LogP contribution in [0.4, 0.5) is 5.69 Å². The molecular formula is C33H37NO2S. The topological polar surface area (TPSA) is 46.2 Å². The van der Waals surface area contributed by atoms with Crippen molar-refractivity contribution in [2.24, 2.45) is 0 Å². The summed E-state index contributed by atoms with van der Waals surface area (Å²) in [4.78, 5) is 25.4. The zero-order chi connectivity index (χ0) is 26.5. The third kappa shape index (κ3) is 11.1. The van der Waals surface area contributed by atoms with Gasteiger partial charge in [-0.2, -0.15) is 0 Å². The number of aryl methyl sites for hydroxylation is 1. The van der Waals surface area contributed by atoms with Crippen molar-refractivity contribution in [3.05, 3.63) is 133 Å². The zero-order valence-corrected chi connectivity index (χ0v) is 22.2. The predicted octanol–water partition coefficient (Wildman–Crippen LogP) is 9.09. The minimum Gasteiger partial charge on any atom is -0.323 e. The van der Waals surface area contributed by atoms with E-state index < -0.39 is 0 Å². The van der Waals surface area contributed by atoms with E-state index in [0.29, 0.717) is 11.3 Å². The highest BCUT2D eigenvalue weighted by Gasteiger charge is 2.04. The number of Topliss-reactive ketones (excluding diaryl/α,β-unsaturated/α-hetero) is 1. The van der Waals surface area contributed by atoms with Gasteiger partial charge in [-0.3, -0.25) is 9.59 Å². The summed E-state index contributed by atoms with van der Waals surface area (Å²) < 4.78 is 0. The van der Waals surface area contributed by atoms with E-state index in [-0.39, 0.29) is 19.1 Å². The monoisotopic (exact) mass is 511 g/mol. The fourth-order valence-electron chi connectivity index (χ4n) is 3.13. The van der Waals surface area contributed by atoms with E-state index in [9.17, 15) is 9.59 Å². The molecule has 3 aromatic rings. The van der Waals surface area contributed by atoms with E-state index in [2.05, 4.69) is 73.9 Å². The second-order valence-corrected chi connectivity index (χ2v) is 9.42.